The minimum atomic E-state index is -4.39. The average molecular weight is 851 g/mol. The van der Waals surface area contributed by atoms with Gasteiger partial charge in [-0.25, -0.2) is 0 Å². The van der Waals surface area contributed by atoms with Crippen molar-refractivity contribution in [3.05, 3.63) is 129 Å². The molecule has 0 saturated heterocycles. The van der Waals surface area contributed by atoms with E-state index in [0.29, 0.717) is 19.1 Å². The molecule has 4 aromatic rings. The Bertz CT molecular complexity index is 1860. The normalized spacial score (nSPS) is 16.3. The van der Waals surface area contributed by atoms with Crippen LogP contribution in [0.5, 0.6) is 0 Å². The molecule has 2 unspecified atom stereocenters. The van der Waals surface area contributed by atoms with Gasteiger partial charge in [0.05, 0.1) is 0 Å². The summed E-state index contributed by atoms with van der Waals surface area (Å²) in [5.41, 5.74) is 9.23. The second kappa shape index (κ2) is 16.6. The van der Waals surface area contributed by atoms with Crippen molar-refractivity contribution in [2.24, 2.45) is 11.8 Å². The molecule has 274 valence electrons. The van der Waals surface area contributed by atoms with Gasteiger partial charge < -0.3 is 24.8 Å². The fourth-order valence-corrected chi connectivity index (χ4v) is 28.2. The van der Waals surface area contributed by atoms with E-state index >= 15 is 0 Å². The standard InChI is InChI=1S/2C20H18F3.C2H6Si.2ClH.Zr/c2*1-13(2)10-14-11-16-4-3-5-18(19(16)12-14)15-6-8-17(9-7-15)20(21,22)23;1-3-2;;;/h2*3-9,11-13H,10H2,1-2H3;1-2H3;2*1H;/q;;;;;+2/p-2. The van der Waals surface area contributed by atoms with E-state index < -0.39 is 49.3 Å². The van der Waals surface area contributed by atoms with Crippen molar-refractivity contribution in [3.8, 4) is 22.3 Å². The van der Waals surface area contributed by atoms with Crippen LogP contribution in [-0.4, -0.2) is 5.43 Å². The molecular weight excluding hydrogens is 809 g/mol. The number of hydrogen-bond donors (Lipinski definition) is 0. The average Bonchev–Trinajstić information content (AvgIpc) is 3.57. The molecule has 0 aliphatic heterocycles. The molecule has 0 fully saturated rings. The van der Waals surface area contributed by atoms with E-state index in [1.807, 2.05) is 12.1 Å². The van der Waals surface area contributed by atoms with Gasteiger partial charge in [-0.2, -0.15) is 0 Å². The van der Waals surface area contributed by atoms with E-state index in [0.717, 1.165) is 46.2 Å². The van der Waals surface area contributed by atoms with E-state index in [9.17, 15) is 26.3 Å². The summed E-state index contributed by atoms with van der Waals surface area (Å²) in [7, 11) is 0. The van der Waals surface area contributed by atoms with Crippen LogP contribution < -0.4 is 24.8 Å². The van der Waals surface area contributed by atoms with Crippen LogP contribution in [0.4, 0.5) is 26.3 Å². The first-order chi connectivity index (χ1) is 23.5. The van der Waals surface area contributed by atoms with Gasteiger partial charge >= 0.3 is 301 Å². The number of fused-ring (bicyclic) bond motifs is 2. The molecular formula is C42H42Cl2F6SiZr. The van der Waals surface area contributed by atoms with Gasteiger partial charge in [0, 0.05) is 0 Å². The van der Waals surface area contributed by atoms with Gasteiger partial charge in [0.25, 0.3) is 0 Å². The molecule has 0 amide bonds. The SMILES string of the molecule is CC(C)CC1=Cc2c(-c3ccc(C(F)(F)F)cc3)cccc2[CH]1[Zr+2]([CH]1C(CC(C)C)=Cc2c(-c3ccc(C(F)(F)F)cc3)cccc21)=[Si](C)C.[Cl-].[Cl-]. The Hall–Kier alpha value is -2.38. The van der Waals surface area contributed by atoms with E-state index in [-0.39, 0.29) is 24.8 Å². The summed E-state index contributed by atoms with van der Waals surface area (Å²) in [4.78, 5) is 0. The maximum atomic E-state index is 13.4. The molecule has 0 heterocycles. The van der Waals surface area contributed by atoms with E-state index in [1.165, 1.54) is 46.5 Å². The number of halogens is 8. The zero-order valence-electron chi connectivity index (χ0n) is 30.0. The third-order valence-corrected chi connectivity index (χ3v) is 29.3. The molecule has 10 heteroatoms. The van der Waals surface area contributed by atoms with Crippen molar-refractivity contribution in [1.29, 1.82) is 0 Å². The van der Waals surface area contributed by atoms with Gasteiger partial charge in [0.1, 0.15) is 0 Å². The minimum absolute atomic E-state index is 0. The monoisotopic (exact) mass is 848 g/mol. The first-order valence-corrected chi connectivity index (χ1v) is 26.3. The van der Waals surface area contributed by atoms with Gasteiger partial charge in [-0.15, -0.1) is 0 Å². The second-order valence-electron chi connectivity index (χ2n) is 14.7. The molecule has 2 aliphatic rings. The van der Waals surface area contributed by atoms with Crippen molar-refractivity contribution in [3.63, 3.8) is 0 Å². The molecule has 0 radical (unpaired) electrons. The molecule has 2 atom stereocenters. The van der Waals surface area contributed by atoms with Crippen LogP contribution in [0, 0.1) is 11.8 Å². The van der Waals surface area contributed by atoms with E-state index in [4.69, 9.17) is 0 Å². The third-order valence-electron chi connectivity index (χ3n) is 9.84. The topological polar surface area (TPSA) is 0 Å². The predicted octanol–water partition coefficient (Wildman–Crippen LogP) is 7.60. The van der Waals surface area contributed by atoms with E-state index in [2.05, 4.69) is 77.2 Å². The summed E-state index contributed by atoms with van der Waals surface area (Å²) < 4.78 is 81.2. The Morgan fingerprint density at radius 1 is 0.558 bits per heavy atom. The predicted molar refractivity (Wildman–Crippen MR) is 192 cm³/mol. The fraction of sp³-hybridized carbons (Fsp3) is 0.333. The van der Waals surface area contributed by atoms with Gasteiger partial charge in [-0.05, 0) is 0 Å². The van der Waals surface area contributed by atoms with Crippen LogP contribution in [0.15, 0.2) is 96.1 Å². The fourth-order valence-electron chi connectivity index (χ4n) is 7.88. The first-order valence-electron chi connectivity index (χ1n) is 17.2. The maximum absolute atomic E-state index is 13.4. The summed E-state index contributed by atoms with van der Waals surface area (Å²) in [5, 5.41) is 0. The van der Waals surface area contributed by atoms with Crippen molar-refractivity contribution in [2.75, 3.05) is 0 Å². The Balaban J connectivity index is 0.00000302. The summed E-state index contributed by atoms with van der Waals surface area (Å²) in [6.45, 7) is 13.9. The summed E-state index contributed by atoms with van der Waals surface area (Å²) in [6, 6.07) is 23.8. The Labute approximate surface area is 323 Å². The van der Waals surface area contributed by atoms with Crippen LogP contribution in [0.1, 0.15) is 81.2 Å². The van der Waals surface area contributed by atoms with Crippen molar-refractivity contribution < 1.29 is 71.5 Å². The molecule has 0 bridgehead atoms. The molecule has 0 N–H and O–H groups in total. The van der Waals surface area contributed by atoms with Crippen molar-refractivity contribution in [1.82, 2.24) is 0 Å². The van der Waals surface area contributed by atoms with Crippen molar-refractivity contribution >= 4 is 17.6 Å². The zero-order valence-corrected chi connectivity index (χ0v) is 35.0. The van der Waals surface area contributed by atoms with Crippen LogP contribution in [0.25, 0.3) is 34.4 Å². The second-order valence-corrected chi connectivity index (χ2v) is 32.6. The van der Waals surface area contributed by atoms with Crippen LogP contribution in [-0.2, 0) is 32.7 Å². The van der Waals surface area contributed by atoms with E-state index in [1.54, 1.807) is 24.3 Å². The number of alkyl halides is 6. The van der Waals surface area contributed by atoms with Gasteiger partial charge in [-0.1, -0.05) is 0 Å². The number of allylic oxidation sites excluding steroid dienone is 2. The third kappa shape index (κ3) is 8.61. The number of hydrogen-bond acceptors (Lipinski definition) is 0. The van der Waals surface area contributed by atoms with Crippen LogP contribution in [0.3, 0.4) is 0 Å². The van der Waals surface area contributed by atoms with Gasteiger partial charge in [-0.3, -0.25) is 0 Å². The Kier molecular flexibility index (Phi) is 13.5. The summed E-state index contributed by atoms with van der Waals surface area (Å²) in [5.74, 6) is 0.879. The maximum Gasteiger partial charge on any atom is -1.00 e. The summed E-state index contributed by atoms with van der Waals surface area (Å²) in [6.07, 6.45) is -2.14. The number of benzene rings is 4. The molecule has 0 spiro atoms. The largest absolute Gasteiger partial charge is 1.00 e. The smallest absolute Gasteiger partial charge is 1.00 e. The van der Waals surface area contributed by atoms with Gasteiger partial charge in [0.2, 0.25) is 0 Å². The molecule has 0 nitrogen and oxygen atoms in total. The van der Waals surface area contributed by atoms with Crippen LogP contribution in [0.2, 0.25) is 13.1 Å². The molecule has 0 aromatic heterocycles. The molecule has 4 aromatic carbocycles. The summed E-state index contributed by atoms with van der Waals surface area (Å²) >= 11 is -2.58. The first kappa shape index (κ1) is 42.4. The molecule has 0 saturated carbocycles. The Morgan fingerprint density at radius 2 is 0.904 bits per heavy atom. The Morgan fingerprint density at radius 3 is 1.19 bits per heavy atom. The molecule has 6 rings (SSSR count). The van der Waals surface area contributed by atoms with Crippen molar-refractivity contribution in [2.45, 2.75) is 73.2 Å². The number of rotatable bonds is 8. The zero-order chi connectivity index (χ0) is 36.1. The van der Waals surface area contributed by atoms with Crippen LogP contribution >= 0.6 is 0 Å². The van der Waals surface area contributed by atoms with Gasteiger partial charge in [0.15, 0.2) is 0 Å². The molecule has 52 heavy (non-hydrogen) atoms. The quantitative estimate of drug-likeness (QED) is 0.127. The minimum Gasteiger partial charge on any atom is -1.00 e. The molecule has 2 aliphatic carbocycles.